The van der Waals surface area contributed by atoms with Crippen LogP contribution in [0.5, 0.6) is 0 Å². The van der Waals surface area contributed by atoms with Gasteiger partial charge < -0.3 is 19.4 Å². The molecule has 0 saturated carbocycles. The highest BCUT2D eigenvalue weighted by Gasteiger charge is 2.44. The molecular formula is C26H22F6N2O5. The van der Waals surface area contributed by atoms with Crippen molar-refractivity contribution in [2.45, 2.75) is 38.7 Å². The molecule has 1 fully saturated rings. The molecule has 0 spiro atoms. The molecule has 7 nitrogen and oxygen atoms in total. The molecule has 2 aromatic carbocycles. The van der Waals surface area contributed by atoms with Gasteiger partial charge in [-0.2, -0.15) is 26.3 Å². The minimum Gasteiger partial charge on any atom is -0.440 e. The number of aryl methyl sites for hydroxylation is 1. The number of para-hydroxylation sites is 1. The van der Waals surface area contributed by atoms with Gasteiger partial charge in [-0.25, -0.2) is 9.59 Å². The van der Waals surface area contributed by atoms with Crippen LogP contribution in [-0.4, -0.2) is 37.4 Å². The second kappa shape index (κ2) is 10.3. The number of ether oxygens (including phenoxy) is 1. The van der Waals surface area contributed by atoms with Crippen molar-refractivity contribution in [1.29, 1.82) is 0 Å². The van der Waals surface area contributed by atoms with Gasteiger partial charge in [0.05, 0.1) is 22.9 Å². The van der Waals surface area contributed by atoms with Crippen molar-refractivity contribution >= 4 is 34.5 Å². The Kier molecular flexibility index (Phi) is 7.37. The molecule has 1 aromatic heterocycles. The first-order valence-corrected chi connectivity index (χ1v) is 11.7. The second-order valence-electron chi connectivity index (χ2n) is 9.24. The number of hydrogen-bond donors (Lipinski definition) is 1. The van der Waals surface area contributed by atoms with E-state index in [0.717, 1.165) is 12.1 Å². The van der Waals surface area contributed by atoms with Crippen molar-refractivity contribution in [1.82, 2.24) is 0 Å². The maximum atomic E-state index is 13.2. The van der Waals surface area contributed by atoms with Crippen LogP contribution >= 0.6 is 0 Å². The van der Waals surface area contributed by atoms with Crippen LogP contribution in [0.4, 0.5) is 37.9 Å². The first-order chi connectivity index (χ1) is 18.1. The minimum absolute atomic E-state index is 0.0220. The van der Waals surface area contributed by atoms with E-state index in [1.165, 1.54) is 23.1 Å². The van der Waals surface area contributed by atoms with Crippen molar-refractivity contribution in [3.8, 4) is 0 Å². The molecule has 2 atom stereocenters. The number of carbonyl (C=O) groups is 2. The number of nitrogens with zero attached hydrogens (tertiary/aromatic N) is 1. The third-order valence-corrected chi connectivity index (χ3v) is 6.35. The minimum atomic E-state index is -5.36. The van der Waals surface area contributed by atoms with Crippen LogP contribution in [0.15, 0.2) is 51.7 Å². The summed E-state index contributed by atoms with van der Waals surface area (Å²) in [7, 11) is 0. The first kappa shape index (κ1) is 28.0. The molecule has 13 heteroatoms. The van der Waals surface area contributed by atoms with E-state index in [-0.39, 0.29) is 47.6 Å². The molecule has 1 aliphatic rings. The lowest BCUT2D eigenvalue weighted by atomic mass is 10.0. The van der Waals surface area contributed by atoms with E-state index >= 15 is 0 Å². The fourth-order valence-electron chi connectivity index (χ4n) is 4.42. The molecule has 1 aliphatic heterocycles. The second-order valence-corrected chi connectivity index (χ2v) is 9.24. The molecule has 0 bridgehead atoms. The lowest BCUT2D eigenvalue weighted by Gasteiger charge is -2.22. The number of benzene rings is 2. The topological polar surface area (TPSA) is 88.8 Å². The van der Waals surface area contributed by atoms with Crippen LogP contribution in [0.2, 0.25) is 0 Å². The Morgan fingerprint density at radius 2 is 1.79 bits per heavy atom. The van der Waals surface area contributed by atoms with Gasteiger partial charge in [-0.1, -0.05) is 18.2 Å². The molecule has 208 valence electrons. The maximum absolute atomic E-state index is 13.2. The monoisotopic (exact) mass is 556 g/mol. The Labute approximate surface area is 217 Å². The largest absolute Gasteiger partial charge is 0.491 e. The van der Waals surface area contributed by atoms with E-state index in [9.17, 15) is 40.7 Å². The zero-order chi connectivity index (χ0) is 28.7. The van der Waals surface area contributed by atoms with Crippen LogP contribution in [0.25, 0.3) is 11.0 Å². The van der Waals surface area contributed by atoms with E-state index in [0.29, 0.717) is 11.1 Å². The fraction of sp³-hybridized carbons (Fsp3) is 0.346. The van der Waals surface area contributed by atoms with E-state index in [1.54, 1.807) is 26.0 Å². The lowest BCUT2D eigenvalue weighted by Crippen LogP contribution is -2.28. The summed E-state index contributed by atoms with van der Waals surface area (Å²) in [5.41, 5.74) is 0.388. The molecule has 4 rings (SSSR count). The molecule has 0 amide bonds. The van der Waals surface area contributed by atoms with Crippen LogP contribution in [0.1, 0.15) is 40.9 Å². The number of fused-ring (bicyclic) bond motifs is 1. The molecule has 3 aromatic rings. The molecular weight excluding hydrogens is 534 g/mol. The maximum Gasteiger partial charge on any atom is 0.491 e. The Bertz CT molecular complexity index is 1480. The average molecular weight is 556 g/mol. The Balaban J connectivity index is 1.68. The highest BCUT2D eigenvalue weighted by Crippen LogP contribution is 2.37. The van der Waals surface area contributed by atoms with Crippen molar-refractivity contribution in [3.63, 3.8) is 0 Å². The van der Waals surface area contributed by atoms with Gasteiger partial charge in [0, 0.05) is 30.4 Å². The number of anilines is 2. The molecule has 0 aliphatic carbocycles. The quantitative estimate of drug-likeness (QED) is 0.238. The smallest absolute Gasteiger partial charge is 0.440 e. The number of nitrogens with one attached hydrogen (secondary N) is 1. The van der Waals surface area contributed by atoms with E-state index in [1.807, 2.05) is 0 Å². The predicted molar refractivity (Wildman–Crippen MR) is 129 cm³/mol. The van der Waals surface area contributed by atoms with Gasteiger partial charge in [0.25, 0.3) is 0 Å². The number of halogens is 6. The van der Waals surface area contributed by atoms with E-state index in [4.69, 9.17) is 4.42 Å². The van der Waals surface area contributed by atoms with Gasteiger partial charge in [0.1, 0.15) is 5.58 Å². The van der Waals surface area contributed by atoms with E-state index < -0.39 is 41.7 Å². The Hall–Kier alpha value is -4.03. The summed E-state index contributed by atoms with van der Waals surface area (Å²) < 4.78 is 87.2. The summed E-state index contributed by atoms with van der Waals surface area (Å²) in [6.07, 6.45) is -9.89. The summed E-state index contributed by atoms with van der Waals surface area (Å²) in [5, 5.41) is 3.13. The number of hydrogen-bond acceptors (Lipinski definition) is 7. The van der Waals surface area contributed by atoms with Gasteiger partial charge >= 0.3 is 24.3 Å². The molecule has 1 saturated heterocycles. The van der Waals surface area contributed by atoms with Crippen molar-refractivity contribution in [3.05, 3.63) is 69.4 Å². The average Bonchev–Trinajstić information content (AvgIpc) is 3.35. The standard InChI is InChI=1S/C26H22F6N2O5/c1-13-9-17(14(2)33-19-6-4-3-5-16(19)23(36)39-24(37)26(30,31)32)22-18(10-13)20(35)11-21(38-22)34-8-7-15(12-34)25(27,28)29/h3-6,9-11,14-15,33H,7-8,12H2,1-2H3/t14?,15-/m1/s1. The van der Waals surface area contributed by atoms with Crippen molar-refractivity contribution in [2.24, 2.45) is 5.92 Å². The van der Waals surface area contributed by atoms with Gasteiger partial charge in [-0.15, -0.1) is 0 Å². The van der Waals surface area contributed by atoms with Crippen LogP contribution in [0, 0.1) is 12.8 Å². The summed E-state index contributed by atoms with van der Waals surface area (Å²) >= 11 is 0. The lowest BCUT2D eigenvalue weighted by molar-refractivity contribution is -0.193. The number of rotatable bonds is 5. The van der Waals surface area contributed by atoms with Gasteiger partial charge in [0.2, 0.25) is 0 Å². The highest BCUT2D eigenvalue weighted by molar-refractivity contribution is 6.02. The van der Waals surface area contributed by atoms with Crippen LogP contribution in [-0.2, 0) is 9.53 Å². The first-order valence-electron chi connectivity index (χ1n) is 11.7. The van der Waals surface area contributed by atoms with Crippen molar-refractivity contribution in [2.75, 3.05) is 23.3 Å². The molecule has 1 unspecified atom stereocenters. The normalized spacial score (nSPS) is 16.8. The van der Waals surface area contributed by atoms with Crippen LogP contribution < -0.4 is 15.6 Å². The van der Waals surface area contributed by atoms with Gasteiger partial charge in [0.15, 0.2) is 11.3 Å². The SMILES string of the molecule is Cc1cc(C(C)Nc2ccccc2C(=O)OC(=O)C(F)(F)F)c2oc(N3CC[C@@H](C(F)(F)F)C3)cc(=O)c2c1. The summed E-state index contributed by atoms with van der Waals surface area (Å²) in [4.78, 5) is 37.7. The number of carbonyl (C=O) groups excluding carboxylic acids is 2. The Morgan fingerprint density at radius 3 is 2.44 bits per heavy atom. The fourth-order valence-corrected chi connectivity index (χ4v) is 4.42. The van der Waals surface area contributed by atoms with Gasteiger partial charge in [-0.3, -0.25) is 4.79 Å². The van der Waals surface area contributed by atoms with Crippen LogP contribution in [0.3, 0.4) is 0 Å². The van der Waals surface area contributed by atoms with Gasteiger partial charge in [-0.05, 0) is 44.0 Å². The zero-order valence-corrected chi connectivity index (χ0v) is 20.6. The summed E-state index contributed by atoms with van der Waals surface area (Å²) in [6, 6.07) is 9.06. The highest BCUT2D eigenvalue weighted by atomic mass is 19.4. The van der Waals surface area contributed by atoms with Crippen molar-refractivity contribution < 1.29 is 45.1 Å². The molecule has 39 heavy (non-hydrogen) atoms. The summed E-state index contributed by atoms with van der Waals surface area (Å²) in [6.45, 7) is 3.02. The molecule has 2 heterocycles. The van der Waals surface area contributed by atoms with E-state index in [2.05, 4.69) is 10.1 Å². The summed E-state index contributed by atoms with van der Waals surface area (Å²) in [5.74, 6) is -5.77. The third kappa shape index (κ3) is 6.02. The Morgan fingerprint density at radius 1 is 1.10 bits per heavy atom. The number of esters is 2. The molecule has 1 N–H and O–H groups in total. The third-order valence-electron chi connectivity index (χ3n) is 6.35. The predicted octanol–water partition coefficient (Wildman–Crippen LogP) is 5.91. The number of alkyl halides is 6. The zero-order valence-electron chi connectivity index (χ0n) is 20.6. The molecule has 0 radical (unpaired) electrons.